The van der Waals surface area contributed by atoms with Gasteiger partial charge in [-0.25, -0.2) is 13.1 Å². The van der Waals surface area contributed by atoms with Gasteiger partial charge >= 0.3 is 0 Å². The molecule has 0 saturated heterocycles. The van der Waals surface area contributed by atoms with E-state index in [9.17, 15) is 13.5 Å². The van der Waals surface area contributed by atoms with E-state index < -0.39 is 10.0 Å². The van der Waals surface area contributed by atoms with Gasteiger partial charge in [0.25, 0.3) is 10.0 Å². The van der Waals surface area contributed by atoms with Gasteiger partial charge in [-0.3, -0.25) is 4.31 Å². The molecule has 6 nitrogen and oxygen atoms in total. The van der Waals surface area contributed by atoms with Crippen molar-refractivity contribution in [1.82, 2.24) is 9.78 Å². The molecule has 0 spiro atoms. The maximum absolute atomic E-state index is 13.7. The molecule has 0 fully saturated rings. The van der Waals surface area contributed by atoms with Crippen molar-refractivity contribution in [2.75, 3.05) is 17.5 Å². The molecule has 0 atom stereocenters. The first-order valence-electron chi connectivity index (χ1n) is 9.50. The van der Waals surface area contributed by atoms with Crippen molar-refractivity contribution in [3.63, 3.8) is 0 Å². The van der Waals surface area contributed by atoms with Crippen LogP contribution in [0.25, 0.3) is 16.9 Å². The molecule has 30 heavy (non-hydrogen) atoms. The largest absolute Gasteiger partial charge is 0.394 e. The van der Waals surface area contributed by atoms with Gasteiger partial charge in [-0.05, 0) is 24.3 Å². The summed E-state index contributed by atoms with van der Waals surface area (Å²) in [5, 5.41) is 14.2. The van der Waals surface area contributed by atoms with E-state index >= 15 is 0 Å². The van der Waals surface area contributed by atoms with E-state index in [4.69, 9.17) is 0 Å². The number of sulfonamides is 1. The van der Waals surface area contributed by atoms with Gasteiger partial charge in [-0.15, -0.1) is 0 Å². The lowest BCUT2D eigenvalue weighted by molar-refractivity contribution is 0.306. The predicted molar refractivity (Wildman–Crippen MR) is 117 cm³/mol. The van der Waals surface area contributed by atoms with E-state index in [1.54, 1.807) is 28.9 Å². The molecule has 4 aromatic rings. The molecule has 0 unspecified atom stereocenters. The van der Waals surface area contributed by atoms with Crippen molar-refractivity contribution < 1.29 is 13.5 Å². The van der Waals surface area contributed by atoms with Crippen molar-refractivity contribution in [1.29, 1.82) is 0 Å². The Hall–Kier alpha value is -3.42. The molecule has 1 N–H and O–H groups in total. The Bertz CT molecular complexity index is 1210. The van der Waals surface area contributed by atoms with Crippen LogP contribution in [0, 0.1) is 0 Å². The first-order valence-corrected chi connectivity index (χ1v) is 10.9. The minimum atomic E-state index is -3.99. The minimum Gasteiger partial charge on any atom is -0.394 e. The summed E-state index contributed by atoms with van der Waals surface area (Å²) < 4.78 is 30.2. The number of rotatable bonds is 7. The van der Waals surface area contributed by atoms with Crippen LogP contribution >= 0.6 is 0 Å². The van der Waals surface area contributed by atoms with Crippen LogP contribution < -0.4 is 4.31 Å². The maximum atomic E-state index is 13.7. The SMILES string of the molecule is O=S(=O)(c1cn(-c2ccccc2)nc1-c1ccccc1)N(CCO)c1ccccc1. The molecule has 0 radical (unpaired) electrons. The minimum absolute atomic E-state index is 0.0584. The highest BCUT2D eigenvalue weighted by molar-refractivity contribution is 7.93. The highest BCUT2D eigenvalue weighted by atomic mass is 32.2. The summed E-state index contributed by atoms with van der Waals surface area (Å²) in [6.45, 7) is -0.362. The lowest BCUT2D eigenvalue weighted by Crippen LogP contribution is -2.33. The Morgan fingerprint density at radius 1 is 0.833 bits per heavy atom. The number of aromatic nitrogens is 2. The van der Waals surface area contributed by atoms with Gasteiger partial charge in [-0.2, -0.15) is 5.10 Å². The lowest BCUT2D eigenvalue weighted by atomic mass is 10.2. The molecule has 0 aliphatic rings. The third-order valence-corrected chi connectivity index (χ3v) is 6.49. The van der Waals surface area contributed by atoms with E-state index in [-0.39, 0.29) is 18.0 Å². The fourth-order valence-corrected chi connectivity index (χ4v) is 4.84. The van der Waals surface area contributed by atoms with Crippen LogP contribution in [0.1, 0.15) is 0 Å². The van der Waals surface area contributed by atoms with Gasteiger partial charge in [0, 0.05) is 5.56 Å². The van der Waals surface area contributed by atoms with Crippen molar-refractivity contribution in [3.8, 4) is 16.9 Å². The second-order valence-electron chi connectivity index (χ2n) is 6.62. The zero-order valence-electron chi connectivity index (χ0n) is 16.2. The van der Waals surface area contributed by atoms with Crippen LogP contribution in [-0.4, -0.2) is 36.5 Å². The molecule has 152 valence electrons. The van der Waals surface area contributed by atoms with Gasteiger partial charge in [0.2, 0.25) is 0 Å². The zero-order valence-corrected chi connectivity index (χ0v) is 17.0. The molecule has 0 aliphatic carbocycles. The molecule has 0 amide bonds. The predicted octanol–water partition coefficient (Wildman–Crippen LogP) is 3.73. The Balaban J connectivity index is 1.90. The molecule has 3 aromatic carbocycles. The van der Waals surface area contributed by atoms with E-state index in [1.807, 2.05) is 66.7 Å². The second-order valence-corrected chi connectivity index (χ2v) is 8.46. The topological polar surface area (TPSA) is 75.4 Å². The van der Waals surface area contributed by atoms with Crippen LogP contribution in [0.3, 0.4) is 0 Å². The number of aliphatic hydroxyl groups excluding tert-OH is 1. The van der Waals surface area contributed by atoms with Crippen molar-refractivity contribution in [2.24, 2.45) is 0 Å². The van der Waals surface area contributed by atoms with Crippen molar-refractivity contribution in [3.05, 3.63) is 97.2 Å². The first-order chi connectivity index (χ1) is 14.6. The third kappa shape index (κ3) is 3.85. The summed E-state index contributed by atoms with van der Waals surface area (Å²) in [5.74, 6) is 0. The first kappa shape index (κ1) is 19.9. The number of para-hydroxylation sites is 2. The van der Waals surface area contributed by atoms with Crippen LogP contribution in [0.15, 0.2) is 102 Å². The number of aliphatic hydroxyl groups is 1. The summed E-state index contributed by atoms with van der Waals surface area (Å²) in [6.07, 6.45) is 1.53. The molecule has 0 aliphatic heterocycles. The summed E-state index contributed by atoms with van der Waals surface area (Å²) in [5.41, 5.74) is 2.30. The second kappa shape index (κ2) is 8.52. The van der Waals surface area contributed by atoms with Crippen LogP contribution in [0.2, 0.25) is 0 Å². The Morgan fingerprint density at radius 2 is 1.40 bits per heavy atom. The number of anilines is 1. The molecule has 1 aromatic heterocycles. The van der Waals surface area contributed by atoms with Gasteiger partial charge in [0.1, 0.15) is 10.6 Å². The van der Waals surface area contributed by atoms with E-state index in [0.29, 0.717) is 16.9 Å². The Labute approximate surface area is 175 Å². The van der Waals surface area contributed by atoms with E-state index in [1.165, 1.54) is 10.5 Å². The summed E-state index contributed by atoms with van der Waals surface area (Å²) >= 11 is 0. The third-order valence-electron chi connectivity index (χ3n) is 4.66. The fraction of sp³-hybridized carbons (Fsp3) is 0.0870. The number of nitrogens with zero attached hydrogens (tertiary/aromatic N) is 3. The van der Waals surface area contributed by atoms with Crippen molar-refractivity contribution in [2.45, 2.75) is 4.90 Å². The normalized spacial score (nSPS) is 11.4. The molecular formula is C23H21N3O3S. The summed E-state index contributed by atoms with van der Waals surface area (Å²) in [7, 11) is -3.99. The molecule has 7 heteroatoms. The molecule has 1 heterocycles. The highest BCUT2D eigenvalue weighted by Gasteiger charge is 2.30. The Morgan fingerprint density at radius 3 is 2.00 bits per heavy atom. The average molecular weight is 420 g/mol. The highest BCUT2D eigenvalue weighted by Crippen LogP contribution is 2.31. The smallest absolute Gasteiger partial charge is 0.268 e. The van der Waals surface area contributed by atoms with Crippen LogP contribution in [-0.2, 0) is 10.0 Å². The number of hydrogen-bond donors (Lipinski definition) is 1. The van der Waals surface area contributed by atoms with Gasteiger partial charge < -0.3 is 5.11 Å². The van der Waals surface area contributed by atoms with Crippen molar-refractivity contribution >= 4 is 15.7 Å². The summed E-state index contributed by atoms with van der Waals surface area (Å²) in [4.78, 5) is 0.0786. The van der Waals surface area contributed by atoms with Crippen LogP contribution in [0.5, 0.6) is 0 Å². The lowest BCUT2D eigenvalue weighted by Gasteiger charge is -2.23. The molecule has 0 bridgehead atoms. The van der Waals surface area contributed by atoms with Crippen LogP contribution in [0.4, 0.5) is 5.69 Å². The molecular weight excluding hydrogens is 398 g/mol. The van der Waals surface area contributed by atoms with Gasteiger partial charge in [0.15, 0.2) is 0 Å². The Kier molecular flexibility index (Phi) is 5.65. The molecule has 4 rings (SSSR count). The van der Waals surface area contributed by atoms with E-state index in [2.05, 4.69) is 5.10 Å². The summed E-state index contributed by atoms with van der Waals surface area (Å²) in [6, 6.07) is 27.3. The number of hydrogen-bond acceptors (Lipinski definition) is 4. The number of benzene rings is 3. The maximum Gasteiger partial charge on any atom is 0.268 e. The molecule has 0 saturated carbocycles. The quantitative estimate of drug-likeness (QED) is 0.495. The van der Waals surface area contributed by atoms with Gasteiger partial charge in [0.05, 0.1) is 30.7 Å². The fourth-order valence-electron chi connectivity index (χ4n) is 3.25. The van der Waals surface area contributed by atoms with E-state index in [0.717, 1.165) is 5.69 Å². The van der Waals surface area contributed by atoms with Gasteiger partial charge in [-0.1, -0.05) is 66.7 Å². The standard InChI is InChI=1S/C23H21N3O3S/c27-17-16-26(21-14-8-3-9-15-21)30(28,29)22-18-25(20-12-6-2-7-13-20)24-23(22)19-10-4-1-5-11-19/h1-15,18,27H,16-17H2. The monoisotopic (exact) mass is 419 g/mol. The average Bonchev–Trinajstić information content (AvgIpc) is 3.26. The zero-order chi connectivity index (χ0) is 21.0.